The van der Waals surface area contributed by atoms with Crippen LogP contribution in [0.25, 0.3) is 0 Å². The number of allylic oxidation sites excluding steroid dienone is 2. The van der Waals surface area contributed by atoms with Crippen molar-refractivity contribution in [3.05, 3.63) is 12.2 Å². The van der Waals surface area contributed by atoms with Gasteiger partial charge in [-0.25, -0.2) is 0 Å². The van der Waals surface area contributed by atoms with E-state index < -0.39 is 6.04 Å². The molecule has 0 aliphatic carbocycles. The molecule has 0 fully saturated rings. The second kappa shape index (κ2) is 33.7. The maximum atomic E-state index is 13.0. The summed E-state index contributed by atoms with van der Waals surface area (Å²) in [5, 5.41) is 2.85. The fourth-order valence-corrected chi connectivity index (χ4v) is 5.40. The van der Waals surface area contributed by atoms with Crippen LogP contribution in [0.5, 0.6) is 0 Å². The Hall–Kier alpha value is -0.470. The van der Waals surface area contributed by atoms with Gasteiger partial charge in [-0.05, 0) is 63.8 Å². The number of hydrogen-bond donors (Lipinski definition) is 3. The van der Waals surface area contributed by atoms with Crippen molar-refractivity contribution in [3.63, 3.8) is 0 Å². The third kappa shape index (κ3) is 28.8. The maximum Gasteiger partial charge on any atom is 0.246 e. The number of halogens is 2. The van der Waals surface area contributed by atoms with E-state index in [1.54, 1.807) is 11.8 Å². The molecule has 0 rings (SSSR count). The van der Waals surface area contributed by atoms with Crippen molar-refractivity contribution < 1.29 is 9.59 Å². The molecular formula is C30H62Cl2N4O2S. The van der Waals surface area contributed by atoms with E-state index in [0.717, 1.165) is 25.0 Å². The van der Waals surface area contributed by atoms with Gasteiger partial charge in [-0.15, -0.1) is 24.8 Å². The van der Waals surface area contributed by atoms with E-state index in [1.165, 1.54) is 96.8 Å². The van der Waals surface area contributed by atoms with Crippen LogP contribution in [0.1, 0.15) is 123 Å². The Morgan fingerprint density at radius 1 is 0.744 bits per heavy atom. The third-order valence-corrected chi connectivity index (χ3v) is 7.73. The standard InChI is InChI=1S/C30H60N4O2S.2ClH/c1-3-4-5-6-7-8-9-10-11-12-13-14-15-16-17-18-19-26-37-27-29(33-28(2)35)30(36)34(24-20-22-31)25-21-23-32;;/h11-12,29H,3-10,13-27,31-32H2,1-2H3,(H,33,35);2*1H/b12-11-;;. The average molecular weight is 614 g/mol. The predicted molar refractivity (Wildman–Crippen MR) is 177 cm³/mol. The molecule has 0 saturated heterocycles. The third-order valence-electron chi connectivity index (χ3n) is 6.59. The monoisotopic (exact) mass is 612 g/mol. The van der Waals surface area contributed by atoms with Gasteiger partial charge < -0.3 is 21.7 Å². The van der Waals surface area contributed by atoms with Crippen molar-refractivity contribution in [3.8, 4) is 0 Å². The summed E-state index contributed by atoms with van der Waals surface area (Å²) in [5.41, 5.74) is 11.3. The van der Waals surface area contributed by atoms with E-state index in [9.17, 15) is 9.59 Å². The molecule has 5 N–H and O–H groups in total. The van der Waals surface area contributed by atoms with E-state index in [2.05, 4.69) is 24.4 Å². The minimum atomic E-state index is -0.475. The Bertz CT molecular complexity index is 563. The lowest BCUT2D eigenvalue weighted by Gasteiger charge is -2.27. The van der Waals surface area contributed by atoms with Gasteiger partial charge >= 0.3 is 0 Å². The van der Waals surface area contributed by atoms with E-state index in [0.29, 0.717) is 31.9 Å². The molecule has 0 saturated carbocycles. The number of carbonyl (C=O) groups is 2. The molecular weight excluding hydrogens is 551 g/mol. The summed E-state index contributed by atoms with van der Waals surface area (Å²) >= 11 is 1.76. The van der Waals surface area contributed by atoms with Crippen LogP contribution in [0.3, 0.4) is 0 Å². The number of unbranched alkanes of at least 4 members (excludes halogenated alkanes) is 13. The largest absolute Gasteiger partial charge is 0.344 e. The van der Waals surface area contributed by atoms with E-state index >= 15 is 0 Å². The highest BCUT2D eigenvalue weighted by atomic mass is 35.5. The fourth-order valence-electron chi connectivity index (χ4n) is 4.37. The second-order valence-electron chi connectivity index (χ2n) is 10.2. The molecule has 9 heteroatoms. The highest BCUT2D eigenvalue weighted by Crippen LogP contribution is 2.14. The van der Waals surface area contributed by atoms with Gasteiger partial charge in [0.05, 0.1) is 0 Å². The van der Waals surface area contributed by atoms with Crippen molar-refractivity contribution >= 4 is 48.4 Å². The minimum Gasteiger partial charge on any atom is -0.344 e. The van der Waals surface area contributed by atoms with E-state index in [1.807, 2.05) is 4.90 Å². The van der Waals surface area contributed by atoms with Gasteiger partial charge in [-0.1, -0.05) is 83.3 Å². The highest BCUT2D eigenvalue weighted by molar-refractivity contribution is 7.99. The summed E-state index contributed by atoms with van der Waals surface area (Å²) in [6.07, 6.45) is 26.0. The molecule has 2 amide bonds. The van der Waals surface area contributed by atoms with Crippen molar-refractivity contribution in [2.75, 3.05) is 37.7 Å². The Morgan fingerprint density at radius 3 is 1.67 bits per heavy atom. The van der Waals surface area contributed by atoms with Gasteiger partial charge in [0.15, 0.2) is 0 Å². The molecule has 1 unspecified atom stereocenters. The lowest BCUT2D eigenvalue weighted by Crippen LogP contribution is -2.50. The van der Waals surface area contributed by atoms with Crippen LogP contribution in [-0.4, -0.2) is 60.4 Å². The van der Waals surface area contributed by atoms with Crippen LogP contribution in [0.4, 0.5) is 0 Å². The second-order valence-corrected chi connectivity index (χ2v) is 11.4. The van der Waals surface area contributed by atoms with Crippen molar-refractivity contribution in [2.24, 2.45) is 11.5 Å². The quantitative estimate of drug-likeness (QED) is 0.0683. The molecule has 0 aliphatic heterocycles. The van der Waals surface area contributed by atoms with Gasteiger partial charge in [0.25, 0.3) is 0 Å². The SMILES string of the molecule is CCCCCCCCC/C=C\CCCCCCCCSCC(NC(C)=O)C(=O)N(CCCN)CCCN.Cl.Cl. The summed E-state index contributed by atoms with van der Waals surface area (Å²) in [7, 11) is 0. The van der Waals surface area contributed by atoms with E-state index in [4.69, 9.17) is 11.5 Å². The number of amides is 2. The molecule has 0 aromatic rings. The minimum absolute atomic E-state index is 0. The van der Waals surface area contributed by atoms with Crippen LogP contribution in [0, 0.1) is 0 Å². The summed E-state index contributed by atoms with van der Waals surface area (Å²) < 4.78 is 0. The van der Waals surface area contributed by atoms with E-state index in [-0.39, 0.29) is 36.6 Å². The molecule has 6 nitrogen and oxygen atoms in total. The number of nitrogens with two attached hydrogens (primary N) is 2. The van der Waals surface area contributed by atoms with Crippen molar-refractivity contribution in [1.29, 1.82) is 0 Å². The van der Waals surface area contributed by atoms with Gasteiger partial charge in [-0.3, -0.25) is 9.59 Å². The number of nitrogens with zero attached hydrogens (tertiary/aromatic N) is 1. The zero-order chi connectivity index (χ0) is 27.4. The fraction of sp³-hybridized carbons (Fsp3) is 0.867. The van der Waals surface area contributed by atoms with Crippen LogP contribution < -0.4 is 16.8 Å². The summed E-state index contributed by atoms with van der Waals surface area (Å²) in [4.78, 5) is 26.5. The molecule has 0 aromatic heterocycles. The average Bonchev–Trinajstić information content (AvgIpc) is 2.88. The zero-order valence-corrected chi connectivity index (χ0v) is 27.6. The summed E-state index contributed by atoms with van der Waals surface area (Å²) in [6, 6.07) is -0.475. The smallest absolute Gasteiger partial charge is 0.246 e. The van der Waals surface area contributed by atoms with Crippen molar-refractivity contribution in [1.82, 2.24) is 10.2 Å². The molecule has 0 aliphatic rings. The normalized spacial score (nSPS) is 11.6. The first-order valence-corrected chi connectivity index (χ1v) is 16.4. The van der Waals surface area contributed by atoms with Crippen molar-refractivity contribution in [2.45, 2.75) is 129 Å². The van der Waals surface area contributed by atoms with Gasteiger partial charge in [0.2, 0.25) is 11.8 Å². The topological polar surface area (TPSA) is 101 Å². The molecule has 0 spiro atoms. The maximum absolute atomic E-state index is 13.0. The first-order valence-electron chi connectivity index (χ1n) is 15.3. The molecule has 1 atom stereocenters. The first kappa shape index (κ1) is 43.0. The van der Waals surface area contributed by atoms with Crippen LogP contribution in [-0.2, 0) is 9.59 Å². The molecule has 234 valence electrons. The molecule has 0 radical (unpaired) electrons. The molecule has 39 heavy (non-hydrogen) atoms. The number of hydrogen-bond acceptors (Lipinski definition) is 5. The van der Waals surface area contributed by atoms with Crippen LogP contribution >= 0.6 is 36.6 Å². The molecule has 0 bridgehead atoms. The Labute approximate surface area is 257 Å². The lowest BCUT2D eigenvalue weighted by atomic mass is 10.1. The number of nitrogens with one attached hydrogen (secondary N) is 1. The Balaban J connectivity index is -0.00000648. The van der Waals surface area contributed by atoms with Gasteiger partial charge in [0.1, 0.15) is 6.04 Å². The van der Waals surface area contributed by atoms with Crippen LogP contribution in [0.2, 0.25) is 0 Å². The lowest BCUT2D eigenvalue weighted by molar-refractivity contribution is -0.135. The molecule has 0 heterocycles. The number of rotatable bonds is 27. The Morgan fingerprint density at radius 2 is 1.21 bits per heavy atom. The summed E-state index contributed by atoms with van der Waals surface area (Å²) in [6.45, 7) is 6.07. The first-order chi connectivity index (χ1) is 18.1. The zero-order valence-electron chi connectivity index (χ0n) is 25.1. The highest BCUT2D eigenvalue weighted by Gasteiger charge is 2.24. The van der Waals surface area contributed by atoms with Gasteiger partial charge in [0, 0.05) is 25.8 Å². The molecule has 0 aromatic carbocycles. The summed E-state index contributed by atoms with van der Waals surface area (Å²) in [5.74, 6) is 1.46. The number of thioether (sulfide) groups is 1. The Kier molecular flexibility index (Phi) is 37.2. The van der Waals surface area contributed by atoms with Crippen LogP contribution in [0.15, 0.2) is 12.2 Å². The number of carbonyl (C=O) groups excluding carboxylic acids is 2. The van der Waals surface area contributed by atoms with Gasteiger partial charge in [-0.2, -0.15) is 11.8 Å². The predicted octanol–water partition coefficient (Wildman–Crippen LogP) is 7.02.